The summed E-state index contributed by atoms with van der Waals surface area (Å²) in [6.07, 6.45) is 0.808. The largest absolute Gasteiger partial charge is 0.493 e. The highest BCUT2D eigenvalue weighted by Gasteiger charge is 2.30. The third-order valence-corrected chi connectivity index (χ3v) is 6.21. The predicted molar refractivity (Wildman–Crippen MR) is 127 cm³/mol. The molecule has 0 N–H and O–H groups in total. The van der Waals surface area contributed by atoms with Crippen LogP contribution in [0.4, 0.5) is 8.78 Å². The number of fused-ring (bicyclic) bond motifs is 1. The lowest BCUT2D eigenvalue weighted by Crippen LogP contribution is -2.31. The first-order chi connectivity index (χ1) is 15.7. The zero-order valence-corrected chi connectivity index (χ0v) is 19.8. The van der Waals surface area contributed by atoms with Gasteiger partial charge in [0.25, 0.3) is 0 Å². The zero-order valence-electron chi connectivity index (χ0n) is 19.8. The minimum atomic E-state index is -0.832. The van der Waals surface area contributed by atoms with Crippen molar-refractivity contribution in [2.45, 2.75) is 39.2 Å². The van der Waals surface area contributed by atoms with Crippen molar-refractivity contribution < 1.29 is 22.8 Å². The Kier molecular flexibility index (Phi) is 6.24. The Morgan fingerprint density at radius 1 is 0.848 bits per heavy atom. The average Bonchev–Trinajstić information content (AvgIpc) is 2.80. The molecule has 1 aliphatic heterocycles. The van der Waals surface area contributed by atoms with E-state index in [1.807, 2.05) is 12.1 Å². The molecule has 4 rings (SSSR count). The first-order valence-corrected chi connectivity index (χ1v) is 11.1. The van der Waals surface area contributed by atoms with Gasteiger partial charge in [-0.25, -0.2) is 13.4 Å². The maximum Gasteiger partial charge on any atom is 0.215 e. The molecule has 3 aromatic carbocycles. The summed E-state index contributed by atoms with van der Waals surface area (Å²) in [4.78, 5) is 0. The molecule has 0 fully saturated rings. The number of nitrogens with zero attached hydrogens (tertiary/aromatic N) is 1. The second-order valence-corrected chi connectivity index (χ2v) is 9.46. The van der Waals surface area contributed by atoms with Crippen LogP contribution in [0, 0.1) is 11.6 Å². The quantitative estimate of drug-likeness (QED) is 0.453. The van der Waals surface area contributed by atoms with Crippen LogP contribution < -0.4 is 9.47 Å². The van der Waals surface area contributed by atoms with E-state index in [4.69, 9.17) is 9.47 Å². The lowest BCUT2D eigenvalue weighted by Gasteiger charge is -2.22. The lowest BCUT2D eigenvalue weighted by molar-refractivity contribution is -0.544. The van der Waals surface area contributed by atoms with Crippen molar-refractivity contribution >= 4 is 5.71 Å². The van der Waals surface area contributed by atoms with Gasteiger partial charge >= 0.3 is 0 Å². The molecule has 0 radical (unpaired) electrons. The van der Waals surface area contributed by atoms with Crippen molar-refractivity contribution in [2.75, 3.05) is 20.8 Å². The Bertz CT molecular complexity index is 1210. The van der Waals surface area contributed by atoms with E-state index in [1.165, 1.54) is 23.3 Å². The van der Waals surface area contributed by atoms with Gasteiger partial charge in [0.05, 0.1) is 19.8 Å². The molecule has 0 unspecified atom stereocenters. The van der Waals surface area contributed by atoms with Crippen molar-refractivity contribution in [1.82, 2.24) is 0 Å². The Morgan fingerprint density at radius 3 is 2.12 bits per heavy atom. The molecule has 3 nitrogen and oxygen atoms in total. The zero-order chi connectivity index (χ0) is 23.8. The standard InChI is InChI=1S/C28H30F2NO2/c1-28(2,3)21-9-7-19(8-10-21)27-22-16-26(33-5)25(32-4)15-20(22)12-13-31(27)17-18-6-11-23(29)24(30)14-18/h6-11,14-16H,12-13,17H2,1-5H3/q+1. The Labute approximate surface area is 194 Å². The maximum absolute atomic E-state index is 13.9. The summed E-state index contributed by atoms with van der Waals surface area (Å²) in [5, 5.41) is 0. The van der Waals surface area contributed by atoms with Crippen LogP contribution in [0.25, 0.3) is 0 Å². The molecule has 0 bridgehead atoms. The van der Waals surface area contributed by atoms with E-state index < -0.39 is 11.6 Å². The number of halogens is 2. The van der Waals surface area contributed by atoms with Gasteiger partial charge in [-0.2, -0.15) is 0 Å². The van der Waals surface area contributed by atoms with E-state index in [2.05, 4.69) is 49.6 Å². The number of hydrogen-bond donors (Lipinski definition) is 0. The smallest absolute Gasteiger partial charge is 0.215 e. The fourth-order valence-electron chi connectivity index (χ4n) is 4.37. The first-order valence-electron chi connectivity index (χ1n) is 11.1. The van der Waals surface area contributed by atoms with E-state index >= 15 is 0 Å². The van der Waals surface area contributed by atoms with Gasteiger partial charge in [-0.15, -0.1) is 0 Å². The summed E-state index contributed by atoms with van der Waals surface area (Å²) in [7, 11) is 3.27. The molecule has 0 saturated carbocycles. The van der Waals surface area contributed by atoms with Gasteiger partial charge < -0.3 is 9.47 Å². The topological polar surface area (TPSA) is 21.5 Å². The molecule has 0 atom stereocenters. The van der Waals surface area contributed by atoms with Crippen molar-refractivity contribution in [1.29, 1.82) is 0 Å². The van der Waals surface area contributed by atoms with Crippen LogP contribution in [-0.2, 0) is 18.4 Å². The van der Waals surface area contributed by atoms with Gasteiger partial charge in [0, 0.05) is 17.5 Å². The lowest BCUT2D eigenvalue weighted by atomic mass is 9.85. The van der Waals surface area contributed by atoms with Crippen LogP contribution in [0.15, 0.2) is 54.6 Å². The molecule has 172 valence electrons. The number of hydrogen-bond acceptors (Lipinski definition) is 2. The predicted octanol–water partition coefficient (Wildman–Crippen LogP) is 5.89. The summed E-state index contributed by atoms with van der Waals surface area (Å²) < 4.78 is 40.7. The molecule has 0 aromatic heterocycles. The monoisotopic (exact) mass is 450 g/mol. The minimum absolute atomic E-state index is 0.0512. The SMILES string of the molecule is COc1cc2c(cc1OC)C(c1ccc(C(C)(C)C)cc1)=[N+](Cc1ccc(F)c(F)c1)CC2. The average molecular weight is 451 g/mol. The van der Waals surface area contributed by atoms with Gasteiger partial charge in [-0.1, -0.05) is 32.9 Å². The van der Waals surface area contributed by atoms with Crippen LogP contribution in [0.5, 0.6) is 11.5 Å². The van der Waals surface area contributed by atoms with Crippen LogP contribution in [0.2, 0.25) is 0 Å². The molecule has 5 heteroatoms. The van der Waals surface area contributed by atoms with Gasteiger partial charge in [0.2, 0.25) is 5.71 Å². The number of methoxy groups -OCH3 is 2. The van der Waals surface area contributed by atoms with Crippen molar-refractivity contribution in [3.8, 4) is 11.5 Å². The van der Waals surface area contributed by atoms with E-state index in [9.17, 15) is 8.78 Å². The van der Waals surface area contributed by atoms with E-state index in [1.54, 1.807) is 20.3 Å². The molecule has 1 aliphatic rings. The highest BCUT2D eigenvalue weighted by molar-refractivity contribution is 6.11. The third-order valence-electron chi connectivity index (χ3n) is 6.21. The Morgan fingerprint density at radius 2 is 1.52 bits per heavy atom. The highest BCUT2D eigenvalue weighted by atomic mass is 19.2. The molecule has 0 saturated heterocycles. The van der Waals surface area contributed by atoms with Gasteiger partial charge in [-0.05, 0) is 59.0 Å². The van der Waals surface area contributed by atoms with Gasteiger partial charge in [-0.3, -0.25) is 0 Å². The van der Waals surface area contributed by atoms with Gasteiger partial charge in [0.1, 0.15) is 6.54 Å². The first kappa shape index (κ1) is 23.0. The summed E-state index contributed by atoms with van der Waals surface area (Å²) >= 11 is 0. The Hall–Kier alpha value is -3.21. The van der Waals surface area contributed by atoms with Crippen molar-refractivity contribution in [3.05, 3.63) is 94.0 Å². The Balaban J connectivity index is 1.88. The van der Waals surface area contributed by atoms with Crippen molar-refractivity contribution in [2.24, 2.45) is 0 Å². The van der Waals surface area contributed by atoms with E-state index in [0.717, 1.165) is 35.4 Å². The highest BCUT2D eigenvalue weighted by Crippen LogP contribution is 2.34. The number of benzene rings is 3. The van der Waals surface area contributed by atoms with Crippen LogP contribution >= 0.6 is 0 Å². The second kappa shape index (κ2) is 8.97. The molecule has 0 aliphatic carbocycles. The number of rotatable bonds is 5. The molecule has 0 amide bonds. The van der Waals surface area contributed by atoms with Crippen LogP contribution in [0.3, 0.4) is 0 Å². The molecule has 3 aromatic rings. The van der Waals surface area contributed by atoms with Crippen LogP contribution in [-0.4, -0.2) is 31.1 Å². The van der Waals surface area contributed by atoms with Crippen LogP contribution in [0.1, 0.15) is 48.6 Å². The molecule has 1 heterocycles. The summed E-state index contributed by atoms with van der Waals surface area (Å²) in [6, 6.07) is 16.8. The van der Waals surface area contributed by atoms with Crippen molar-refractivity contribution in [3.63, 3.8) is 0 Å². The second-order valence-electron chi connectivity index (χ2n) is 9.46. The fourth-order valence-corrected chi connectivity index (χ4v) is 4.37. The minimum Gasteiger partial charge on any atom is -0.493 e. The fraction of sp³-hybridized carbons (Fsp3) is 0.321. The molecular formula is C28H30F2NO2+. The van der Waals surface area contributed by atoms with E-state index in [0.29, 0.717) is 18.0 Å². The number of ether oxygens (including phenoxy) is 2. The molecular weight excluding hydrogens is 420 g/mol. The summed E-state index contributed by atoms with van der Waals surface area (Å²) in [6.45, 7) is 7.80. The molecule has 0 spiro atoms. The maximum atomic E-state index is 13.9. The third kappa shape index (κ3) is 4.63. The summed E-state index contributed by atoms with van der Waals surface area (Å²) in [5.74, 6) is -0.295. The van der Waals surface area contributed by atoms with E-state index in [-0.39, 0.29) is 5.41 Å². The molecule has 33 heavy (non-hydrogen) atoms. The van der Waals surface area contributed by atoms with Gasteiger partial charge in [0.15, 0.2) is 29.7 Å². The normalized spacial score (nSPS) is 13.7. The summed E-state index contributed by atoms with van der Waals surface area (Å²) in [5.41, 5.74) is 6.37.